The maximum absolute atomic E-state index is 11.6. The molecule has 1 amide bonds. The minimum Gasteiger partial charge on any atom is -0.465 e. The number of benzene rings is 1. The van der Waals surface area contributed by atoms with E-state index < -0.39 is 0 Å². The van der Waals surface area contributed by atoms with E-state index >= 15 is 0 Å². The highest BCUT2D eigenvalue weighted by atomic mass is 16.5. The molecule has 0 aliphatic heterocycles. The highest BCUT2D eigenvalue weighted by Gasteiger charge is 2.14. The Balaban J connectivity index is 2.67. The van der Waals surface area contributed by atoms with Crippen molar-refractivity contribution in [3.63, 3.8) is 0 Å². The van der Waals surface area contributed by atoms with Gasteiger partial charge in [-0.25, -0.2) is 4.79 Å². The quantitative estimate of drug-likeness (QED) is 0.755. The van der Waals surface area contributed by atoms with Crippen LogP contribution in [0, 0.1) is 0 Å². The van der Waals surface area contributed by atoms with Crippen LogP contribution in [0.5, 0.6) is 0 Å². The molecule has 0 bridgehead atoms. The van der Waals surface area contributed by atoms with Crippen molar-refractivity contribution in [2.45, 2.75) is 26.4 Å². The molecule has 0 aliphatic carbocycles. The van der Waals surface area contributed by atoms with E-state index in [1.54, 1.807) is 19.1 Å². The molecule has 0 aromatic heterocycles. The van der Waals surface area contributed by atoms with Crippen molar-refractivity contribution in [2.24, 2.45) is 0 Å². The number of nitrogens with one attached hydrogen (secondary N) is 2. The summed E-state index contributed by atoms with van der Waals surface area (Å²) in [4.78, 5) is 23.2. The van der Waals surface area contributed by atoms with Crippen LogP contribution in [0.25, 0.3) is 0 Å². The van der Waals surface area contributed by atoms with Gasteiger partial charge in [-0.15, -0.1) is 0 Å². The first kappa shape index (κ1) is 15.2. The number of amides is 1. The van der Waals surface area contributed by atoms with Crippen molar-refractivity contribution in [1.82, 2.24) is 10.6 Å². The van der Waals surface area contributed by atoms with Crippen molar-refractivity contribution in [3.8, 4) is 0 Å². The molecule has 1 rings (SSSR count). The molecule has 5 nitrogen and oxygen atoms in total. The zero-order valence-corrected chi connectivity index (χ0v) is 11.5. The lowest BCUT2D eigenvalue weighted by Crippen LogP contribution is -2.41. The van der Waals surface area contributed by atoms with E-state index in [1.165, 1.54) is 7.11 Å². The summed E-state index contributed by atoms with van der Waals surface area (Å²) in [5, 5.41) is 5.82. The van der Waals surface area contributed by atoms with Gasteiger partial charge in [0.2, 0.25) is 5.91 Å². The first-order valence-corrected chi connectivity index (χ1v) is 6.27. The predicted molar refractivity (Wildman–Crippen MR) is 72.8 cm³/mol. The van der Waals surface area contributed by atoms with Gasteiger partial charge in [0.25, 0.3) is 0 Å². The topological polar surface area (TPSA) is 67.4 Å². The van der Waals surface area contributed by atoms with E-state index in [0.717, 1.165) is 5.56 Å². The van der Waals surface area contributed by atoms with E-state index in [2.05, 4.69) is 10.6 Å². The minimum absolute atomic E-state index is 0.0574. The highest BCUT2D eigenvalue weighted by molar-refractivity contribution is 5.91. The van der Waals surface area contributed by atoms with Crippen molar-refractivity contribution in [1.29, 1.82) is 0 Å². The predicted octanol–water partition coefficient (Wildman–Crippen LogP) is 1.09. The molecule has 104 valence electrons. The summed E-state index contributed by atoms with van der Waals surface area (Å²) in [5.41, 5.74) is 1.33. The molecule has 2 N–H and O–H groups in total. The molecule has 1 unspecified atom stereocenters. The number of hydrogen-bond donors (Lipinski definition) is 2. The van der Waals surface area contributed by atoms with Gasteiger partial charge in [0.05, 0.1) is 18.7 Å². The Morgan fingerprint density at radius 3 is 2.63 bits per heavy atom. The third-order valence-corrected chi connectivity index (χ3v) is 2.77. The number of hydrogen-bond acceptors (Lipinski definition) is 4. The lowest BCUT2D eigenvalue weighted by Gasteiger charge is -2.14. The second-order valence-corrected chi connectivity index (χ2v) is 4.15. The van der Waals surface area contributed by atoms with E-state index in [4.69, 9.17) is 4.74 Å². The van der Waals surface area contributed by atoms with Gasteiger partial charge in [-0.2, -0.15) is 0 Å². The number of esters is 1. The van der Waals surface area contributed by atoms with Crippen LogP contribution in [0.2, 0.25) is 0 Å². The maximum Gasteiger partial charge on any atom is 0.338 e. The molecule has 0 heterocycles. The van der Waals surface area contributed by atoms with E-state index in [-0.39, 0.29) is 17.9 Å². The van der Waals surface area contributed by atoms with Gasteiger partial charge in [-0.1, -0.05) is 18.2 Å². The number of carbonyl (C=O) groups is 2. The van der Waals surface area contributed by atoms with Gasteiger partial charge >= 0.3 is 5.97 Å². The SMILES string of the molecule is CCNC(=O)C(C)NCc1ccccc1C(=O)OC. The molecule has 0 saturated carbocycles. The highest BCUT2D eigenvalue weighted by Crippen LogP contribution is 2.10. The zero-order chi connectivity index (χ0) is 14.3. The third-order valence-electron chi connectivity index (χ3n) is 2.77. The molecule has 0 radical (unpaired) electrons. The standard InChI is InChI=1S/C14H20N2O3/c1-4-15-13(17)10(2)16-9-11-7-5-6-8-12(11)14(18)19-3/h5-8,10,16H,4,9H2,1-3H3,(H,15,17). The monoisotopic (exact) mass is 264 g/mol. The number of carbonyl (C=O) groups excluding carboxylic acids is 2. The molecule has 1 atom stereocenters. The van der Waals surface area contributed by atoms with Crippen LogP contribution in [-0.4, -0.2) is 31.6 Å². The van der Waals surface area contributed by atoms with Gasteiger partial charge < -0.3 is 15.4 Å². The van der Waals surface area contributed by atoms with Crippen molar-refractivity contribution >= 4 is 11.9 Å². The first-order valence-electron chi connectivity index (χ1n) is 6.27. The number of ether oxygens (including phenoxy) is 1. The molecular weight excluding hydrogens is 244 g/mol. The van der Waals surface area contributed by atoms with E-state index in [0.29, 0.717) is 18.7 Å². The van der Waals surface area contributed by atoms with Gasteiger partial charge in [0.1, 0.15) is 0 Å². The molecule has 0 fully saturated rings. The Morgan fingerprint density at radius 1 is 1.32 bits per heavy atom. The molecule has 0 saturated heterocycles. The fourth-order valence-corrected chi connectivity index (χ4v) is 1.67. The Morgan fingerprint density at radius 2 is 2.00 bits per heavy atom. The second-order valence-electron chi connectivity index (χ2n) is 4.15. The smallest absolute Gasteiger partial charge is 0.338 e. The average molecular weight is 264 g/mol. The fraction of sp³-hybridized carbons (Fsp3) is 0.429. The number of likely N-dealkylation sites (N-methyl/N-ethyl adjacent to an activating group) is 1. The van der Waals surface area contributed by atoms with Gasteiger partial charge in [0.15, 0.2) is 0 Å². The Labute approximate surface area is 113 Å². The van der Waals surface area contributed by atoms with Crippen LogP contribution in [0.15, 0.2) is 24.3 Å². The average Bonchev–Trinajstić information content (AvgIpc) is 2.44. The summed E-state index contributed by atoms with van der Waals surface area (Å²) >= 11 is 0. The first-order chi connectivity index (χ1) is 9.10. The van der Waals surface area contributed by atoms with Crippen molar-refractivity contribution < 1.29 is 14.3 Å². The van der Waals surface area contributed by atoms with Crippen LogP contribution in [0.1, 0.15) is 29.8 Å². The van der Waals surface area contributed by atoms with E-state index in [9.17, 15) is 9.59 Å². The second kappa shape index (κ2) is 7.53. The fourth-order valence-electron chi connectivity index (χ4n) is 1.67. The summed E-state index contributed by atoms with van der Waals surface area (Å²) < 4.78 is 4.72. The molecule has 0 aliphatic rings. The molecule has 1 aromatic rings. The van der Waals surface area contributed by atoms with Crippen LogP contribution in [0.3, 0.4) is 0 Å². The van der Waals surface area contributed by atoms with Crippen LogP contribution in [-0.2, 0) is 16.1 Å². The molecule has 19 heavy (non-hydrogen) atoms. The number of methoxy groups -OCH3 is 1. The van der Waals surface area contributed by atoms with Gasteiger partial charge in [-0.05, 0) is 25.5 Å². The van der Waals surface area contributed by atoms with E-state index in [1.807, 2.05) is 19.1 Å². The van der Waals surface area contributed by atoms with Crippen molar-refractivity contribution in [2.75, 3.05) is 13.7 Å². The lowest BCUT2D eigenvalue weighted by atomic mass is 10.1. The van der Waals surface area contributed by atoms with Crippen LogP contribution < -0.4 is 10.6 Å². The minimum atomic E-state index is -0.372. The van der Waals surface area contributed by atoms with Crippen molar-refractivity contribution in [3.05, 3.63) is 35.4 Å². The maximum atomic E-state index is 11.6. The Hall–Kier alpha value is -1.88. The van der Waals surface area contributed by atoms with Gasteiger partial charge in [0, 0.05) is 13.1 Å². The molecule has 5 heteroatoms. The molecule has 0 spiro atoms. The molecular formula is C14H20N2O3. The lowest BCUT2D eigenvalue weighted by molar-refractivity contribution is -0.122. The largest absolute Gasteiger partial charge is 0.465 e. The summed E-state index contributed by atoms with van der Waals surface area (Å²) in [6, 6.07) is 6.86. The molecule has 1 aromatic carbocycles. The van der Waals surface area contributed by atoms with Crippen LogP contribution >= 0.6 is 0 Å². The van der Waals surface area contributed by atoms with Crippen LogP contribution in [0.4, 0.5) is 0 Å². The summed E-state index contributed by atoms with van der Waals surface area (Å²) in [6.45, 7) is 4.69. The normalized spacial score (nSPS) is 11.7. The summed E-state index contributed by atoms with van der Waals surface area (Å²) in [6.07, 6.45) is 0. The van der Waals surface area contributed by atoms with Gasteiger partial charge in [-0.3, -0.25) is 4.79 Å². The Kier molecular flexibility index (Phi) is 6.02. The summed E-state index contributed by atoms with van der Waals surface area (Å²) in [5.74, 6) is -0.430. The number of rotatable bonds is 6. The Bertz CT molecular complexity index is 446. The zero-order valence-electron chi connectivity index (χ0n) is 11.5. The summed E-state index contributed by atoms with van der Waals surface area (Å²) in [7, 11) is 1.35. The third kappa shape index (κ3) is 4.37.